The van der Waals surface area contributed by atoms with Crippen LogP contribution < -0.4 is 5.32 Å². The van der Waals surface area contributed by atoms with Crippen molar-refractivity contribution in [2.24, 2.45) is 0 Å². The average Bonchev–Trinajstić information content (AvgIpc) is 2.09. The Balaban J connectivity index is 0.00000144. The van der Waals surface area contributed by atoms with Gasteiger partial charge in [0.2, 0.25) is 0 Å². The van der Waals surface area contributed by atoms with Crippen molar-refractivity contribution in [3.63, 3.8) is 0 Å². The smallest absolute Gasteiger partial charge is 0.0406 e. The summed E-state index contributed by atoms with van der Waals surface area (Å²) in [5, 5.41) is 3.90. The Kier molecular flexibility index (Phi) is 7.57. The van der Waals surface area contributed by atoms with Crippen LogP contribution in [0, 0.1) is 0 Å². The largest absolute Gasteiger partial charge is 0.319 e. The van der Waals surface area contributed by atoms with Crippen molar-refractivity contribution >= 4 is 35.8 Å². The fourth-order valence-electron chi connectivity index (χ4n) is 0.802. The van der Waals surface area contributed by atoms with E-state index >= 15 is 0 Å². The molecular formula is C9H13Cl2NS. The van der Waals surface area contributed by atoms with Gasteiger partial charge in [-0.25, -0.2) is 0 Å². The molecule has 0 saturated heterocycles. The SMILES string of the molecule is CNCCSc1ccc(Cl)cc1.Cl. The molecule has 0 aliphatic rings. The van der Waals surface area contributed by atoms with Crippen molar-refractivity contribution in [1.29, 1.82) is 0 Å². The van der Waals surface area contributed by atoms with Gasteiger partial charge in [0.05, 0.1) is 0 Å². The topological polar surface area (TPSA) is 12.0 Å². The minimum atomic E-state index is 0. The van der Waals surface area contributed by atoms with Crippen LogP contribution in [0.25, 0.3) is 0 Å². The molecule has 74 valence electrons. The molecule has 4 heteroatoms. The standard InChI is InChI=1S/C9H12ClNS.ClH/c1-11-6-7-12-9-4-2-8(10)3-5-9;/h2-5,11H,6-7H2,1H3;1H. The van der Waals surface area contributed by atoms with Gasteiger partial charge in [-0.2, -0.15) is 0 Å². The number of benzene rings is 1. The Morgan fingerprint density at radius 3 is 2.46 bits per heavy atom. The summed E-state index contributed by atoms with van der Waals surface area (Å²) in [5.74, 6) is 1.10. The monoisotopic (exact) mass is 237 g/mol. The Labute approximate surface area is 94.7 Å². The van der Waals surface area contributed by atoms with E-state index < -0.39 is 0 Å². The van der Waals surface area contributed by atoms with Crippen molar-refractivity contribution < 1.29 is 0 Å². The molecule has 1 nitrogen and oxygen atoms in total. The Morgan fingerprint density at radius 2 is 1.92 bits per heavy atom. The lowest BCUT2D eigenvalue weighted by molar-refractivity contribution is 0.872. The van der Waals surface area contributed by atoms with E-state index in [2.05, 4.69) is 5.32 Å². The number of thioether (sulfide) groups is 1. The van der Waals surface area contributed by atoms with E-state index in [1.807, 2.05) is 43.1 Å². The van der Waals surface area contributed by atoms with E-state index in [-0.39, 0.29) is 12.4 Å². The summed E-state index contributed by atoms with van der Waals surface area (Å²) in [6, 6.07) is 7.93. The quantitative estimate of drug-likeness (QED) is 0.639. The molecule has 0 atom stereocenters. The van der Waals surface area contributed by atoms with Crippen LogP contribution in [0.1, 0.15) is 0 Å². The van der Waals surface area contributed by atoms with E-state index in [0.717, 1.165) is 17.3 Å². The van der Waals surface area contributed by atoms with Gasteiger partial charge in [-0.05, 0) is 31.3 Å². The van der Waals surface area contributed by atoms with Crippen molar-refractivity contribution in [2.75, 3.05) is 19.3 Å². The first-order valence-electron chi connectivity index (χ1n) is 3.86. The molecule has 1 rings (SSSR count). The van der Waals surface area contributed by atoms with Crippen LogP contribution in [0.3, 0.4) is 0 Å². The normalized spacial score (nSPS) is 9.38. The molecule has 0 bridgehead atoms. The number of rotatable bonds is 4. The van der Waals surface area contributed by atoms with Gasteiger partial charge in [0.15, 0.2) is 0 Å². The maximum absolute atomic E-state index is 5.75. The van der Waals surface area contributed by atoms with Crippen LogP contribution in [0.4, 0.5) is 0 Å². The van der Waals surface area contributed by atoms with Crippen molar-refractivity contribution in [1.82, 2.24) is 5.32 Å². The lowest BCUT2D eigenvalue weighted by Gasteiger charge is -2.00. The lowest BCUT2D eigenvalue weighted by atomic mass is 10.4. The van der Waals surface area contributed by atoms with Gasteiger partial charge in [0.1, 0.15) is 0 Å². The maximum Gasteiger partial charge on any atom is 0.0406 e. The highest BCUT2D eigenvalue weighted by Crippen LogP contribution is 2.19. The van der Waals surface area contributed by atoms with E-state index in [9.17, 15) is 0 Å². The molecule has 0 spiro atoms. The zero-order valence-electron chi connectivity index (χ0n) is 7.42. The predicted octanol–water partition coefficient (Wildman–Crippen LogP) is 3.07. The summed E-state index contributed by atoms with van der Waals surface area (Å²) >= 11 is 7.58. The Hall–Kier alpha value is 0.110. The Morgan fingerprint density at radius 1 is 1.31 bits per heavy atom. The van der Waals surface area contributed by atoms with Gasteiger partial charge in [0, 0.05) is 22.2 Å². The molecule has 1 aromatic rings. The second-order valence-electron chi connectivity index (χ2n) is 2.41. The van der Waals surface area contributed by atoms with Crippen molar-refractivity contribution in [3.05, 3.63) is 29.3 Å². The van der Waals surface area contributed by atoms with E-state index in [4.69, 9.17) is 11.6 Å². The molecule has 1 aromatic carbocycles. The van der Waals surface area contributed by atoms with Crippen molar-refractivity contribution in [3.8, 4) is 0 Å². The number of hydrogen-bond acceptors (Lipinski definition) is 2. The highest BCUT2D eigenvalue weighted by atomic mass is 35.5. The molecule has 0 saturated carbocycles. The second-order valence-corrected chi connectivity index (χ2v) is 4.01. The first-order chi connectivity index (χ1) is 5.83. The number of halogens is 2. The molecule has 0 unspecified atom stereocenters. The van der Waals surface area contributed by atoms with Crippen LogP contribution >= 0.6 is 35.8 Å². The van der Waals surface area contributed by atoms with Gasteiger partial charge in [-0.15, -0.1) is 24.2 Å². The summed E-state index contributed by atoms with van der Waals surface area (Å²) in [5.41, 5.74) is 0. The fourth-order valence-corrected chi connectivity index (χ4v) is 1.80. The number of hydrogen-bond donors (Lipinski definition) is 1. The third-order valence-corrected chi connectivity index (χ3v) is 2.70. The van der Waals surface area contributed by atoms with Gasteiger partial charge in [-0.3, -0.25) is 0 Å². The summed E-state index contributed by atoms with van der Waals surface area (Å²) in [6.07, 6.45) is 0. The Bertz CT molecular complexity index is 226. The van der Waals surface area contributed by atoms with Gasteiger partial charge in [-0.1, -0.05) is 11.6 Å². The fraction of sp³-hybridized carbons (Fsp3) is 0.333. The molecular weight excluding hydrogens is 225 g/mol. The van der Waals surface area contributed by atoms with Crippen LogP contribution in [0.15, 0.2) is 29.2 Å². The van der Waals surface area contributed by atoms with E-state index in [0.29, 0.717) is 0 Å². The van der Waals surface area contributed by atoms with Crippen LogP contribution in [0.2, 0.25) is 5.02 Å². The highest BCUT2D eigenvalue weighted by molar-refractivity contribution is 7.99. The molecule has 13 heavy (non-hydrogen) atoms. The summed E-state index contributed by atoms with van der Waals surface area (Å²) in [7, 11) is 1.96. The molecule has 0 aliphatic heterocycles. The molecule has 0 aliphatic carbocycles. The van der Waals surface area contributed by atoms with E-state index in [1.54, 1.807) is 0 Å². The molecule has 1 N–H and O–H groups in total. The van der Waals surface area contributed by atoms with Gasteiger partial charge >= 0.3 is 0 Å². The molecule has 0 radical (unpaired) electrons. The van der Waals surface area contributed by atoms with E-state index in [1.165, 1.54) is 4.90 Å². The van der Waals surface area contributed by atoms with Crippen LogP contribution in [0.5, 0.6) is 0 Å². The van der Waals surface area contributed by atoms with Gasteiger partial charge < -0.3 is 5.32 Å². The second kappa shape index (κ2) is 7.51. The highest BCUT2D eigenvalue weighted by Gasteiger charge is 1.92. The molecule has 0 fully saturated rings. The predicted molar refractivity (Wildman–Crippen MR) is 63.4 cm³/mol. The zero-order valence-corrected chi connectivity index (χ0v) is 9.81. The first kappa shape index (κ1) is 13.1. The average molecular weight is 238 g/mol. The van der Waals surface area contributed by atoms with Gasteiger partial charge in [0.25, 0.3) is 0 Å². The molecule has 0 amide bonds. The zero-order chi connectivity index (χ0) is 8.81. The van der Waals surface area contributed by atoms with Crippen molar-refractivity contribution in [2.45, 2.75) is 4.90 Å². The molecule has 0 heterocycles. The molecule has 0 aromatic heterocycles. The minimum Gasteiger partial charge on any atom is -0.319 e. The van der Waals surface area contributed by atoms with Crippen LogP contribution in [-0.2, 0) is 0 Å². The summed E-state index contributed by atoms with van der Waals surface area (Å²) in [4.78, 5) is 1.27. The number of nitrogens with one attached hydrogen (secondary N) is 1. The summed E-state index contributed by atoms with van der Waals surface area (Å²) in [6.45, 7) is 1.04. The minimum absolute atomic E-state index is 0. The maximum atomic E-state index is 5.75. The summed E-state index contributed by atoms with van der Waals surface area (Å²) < 4.78 is 0. The lowest BCUT2D eigenvalue weighted by Crippen LogP contribution is -2.09. The third-order valence-electron chi connectivity index (χ3n) is 1.43. The first-order valence-corrected chi connectivity index (χ1v) is 5.22. The third kappa shape index (κ3) is 5.42. The van der Waals surface area contributed by atoms with Crippen LogP contribution in [-0.4, -0.2) is 19.3 Å².